The molecule has 38 heavy (non-hydrogen) atoms. The third-order valence-corrected chi connectivity index (χ3v) is 7.85. The van der Waals surface area contributed by atoms with Gasteiger partial charge in [0.05, 0.1) is 17.1 Å². The second-order valence-corrected chi connectivity index (χ2v) is 11.4. The Morgan fingerprint density at radius 2 is 1.76 bits per heavy atom. The summed E-state index contributed by atoms with van der Waals surface area (Å²) in [6.07, 6.45) is 2.39. The van der Waals surface area contributed by atoms with Crippen molar-refractivity contribution >= 4 is 22.0 Å². The summed E-state index contributed by atoms with van der Waals surface area (Å²) in [5.41, 5.74) is 0.621. The fourth-order valence-electron chi connectivity index (χ4n) is 4.01. The Morgan fingerprint density at radius 1 is 1.03 bits per heavy atom. The van der Waals surface area contributed by atoms with Crippen LogP contribution in [-0.2, 0) is 29.0 Å². The quantitative estimate of drug-likeness (QED) is 0.240. The predicted molar refractivity (Wildman–Crippen MR) is 136 cm³/mol. The van der Waals surface area contributed by atoms with Crippen LogP contribution in [-0.4, -0.2) is 49.4 Å². The van der Waals surface area contributed by atoms with Gasteiger partial charge in [-0.25, -0.2) is 17.8 Å². The summed E-state index contributed by atoms with van der Waals surface area (Å²) in [5, 5.41) is 0. The van der Waals surface area contributed by atoms with Gasteiger partial charge in [-0.1, -0.05) is 18.2 Å². The number of aromatic nitrogens is 1. The predicted octanol–water partition coefficient (Wildman–Crippen LogP) is 5.64. The summed E-state index contributed by atoms with van der Waals surface area (Å²) in [4.78, 5) is 6.43. The van der Waals surface area contributed by atoms with E-state index in [1.165, 1.54) is 24.0 Å². The molecular weight excluding hydrogens is 524 g/mol. The SMILES string of the molecule is O=S1(=O)CCN(CCCCc2ccc(OCc3coc(C=Cc4ccc(C(F)(F)F)cc4F)n3)cc2)CC1. The number of unbranched alkanes of at least 4 members (excludes halogenated alkanes) is 1. The van der Waals surface area contributed by atoms with Gasteiger partial charge >= 0.3 is 6.18 Å². The lowest BCUT2D eigenvalue weighted by Gasteiger charge is -2.26. The van der Waals surface area contributed by atoms with E-state index in [0.29, 0.717) is 30.6 Å². The number of halogens is 4. The zero-order valence-corrected chi connectivity index (χ0v) is 21.4. The first kappa shape index (κ1) is 27.8. The lowest BCUT2D eigenvalue weighted by Crippen LogP contribution is -2.40. The smallest absolute Gasteiger partial charge is 0.416 e. The van der Waals surface area contributed by atoms with Crippen LogP contribution in [0, 0.1) is 5.82 Å². The van der Waals surface area contributed by atoms with Crippen LogP contribution < -0.4 is 4.74 Å². The molecule has 2 aromatic carbocycles. The normalized spacial score (nSPS) is 16.2. The van der Waals surface area contributed by atoms with Crippen molar-refractivity contribution in [1.82, 2.24) is 9.88 Å². The Bertz CT molecular complexity index is 1340. The van der Waals surface area contributed by atoms with Crippen LogP contribution in [0.4, 0.5) is 17.6 Å². The number of sulfone groups is 1. The highest BCUT2D eigenvalue weighted by Gasteiger charge is 2.31. The van der Waals surface area contributed by atoms with Gasteiger partial charge < -0.3 is 14.1 Å². The molecule has 11 heteroatoms. The van der Waals surface area contributed by atoms with Gasteiger partial charge in [-0.2, -0.15) is 13.2 Å². The zero-order chi connectivity index (χ0) is 27.2. The molecule has 0 amide bonds. The minimum Gasteiger partial charge on any atom is -0.487 e. The van der Waals surface area contributed by atoms with E-state index < -0.39 is 27.4 Å². The van der Waals surface area contributed by atoms with Crippen LogP contribution in [0.3, 0.4) is 0 Å². The van der Waals surface area contributed by atoms with Crippen molar-refractivity contribution in [2.45, 2.75) is 32.0 Å². The van der Waals surface area contributed by atoms with E-state index in [9.17, 15) is 26.0 Å². The Kier molecular flexibility index (Phi) is 8.88. The zero-order valence-electron chi connectivity index (χ0n) is 20.6. The average Bonchev–Trinajstić information content (AvgIpc) is 3.33. The third-order valence-electron chi connectivity index (χ3n) is 6.24. The molecule has 1 aliphatic heterocycles. The number of benzene rings is 2. The first-order valence-electron chi connectivity index (χ1n) is 12.2. The topological polar surface area (TPSA) is 72.6 Å². The Morgan fingerprint density at radius 3 is 2.45 bits per heavy atom. The Hall–Kier alpha value is -3.18. The van der Waals surface area contributed by atoms with Crippen LogP contribution in [0.15, 0.2) is 53.1 Å². The minimum atomic E-state index is -4.61. The largest absolute Gasteiger partial charge is 0.487 e. The summed E-state index contributed by atoms with van der Waals surface area (Å²) in [6.45, 7) is 2.30. The number of hydrogen-bond acceptors (Lipinski definition) is 6. The molecule has 0 spiro atoms. The van der Waals surface area contributed by atoms with Gasteiger partial charge in [-0.05, 0) is 61.7 Å². The van der Waals surface area contributed by atoms with E-state index >= 15 is 0 Å². The van der Waals surface area contributed by atoms with E-state index in [4.69, 9.17) is 9.15 Å². The Labute approximate surface area is 218 Å². The molecule has 1 fully saturated rings. The molecular formula is C27H28F4N2O4S. The number of oxazole rings is 1. The summed E-state index contributed by atoms with van der Waals surface area (Å²) in [7, 11) is -2.84. The summed E-state index contributed by atoms with van der Waals surface area (Å²) >= 11 is 0. The van der Waals surface area contributed by atoms with Gasteiger partial charge in [0.2, 0.25) is 5.89 Å². The standard InChI is InChI=1S/C27H28F4N2O4S/c28-25-17-22(27(29,30)31)8-6-21(25)7-11-26-32-23(19-37-26)18-36-24-9-4-20(5-10-24)3-1-2-12-33-13-15-38(34,35)16-14-33/h4-11,17,19H,1-3,12-16,18H2. The second kappa shape index (κ2) is 12.1. The first-order chi connectivity index (χ1) is 18.1. The minimum absolute atomic E-state index is 0.0176. The lowest BCUT2D eigenvalue weighted by atomic mass is 10.1. The molecule has 0 aliphatic carbocycles. The van der Waals surface area contributed by atoms with Gasteiger partial charge in [0, 0.05) is 24.7 Å². The maximum absolute atomic E-state index is 14.0. The molecule has 2 heterocycles. The fraction of sp³-hybridized carbons (Fsp3) is 0.370. The van der Waals surface area contributed by atoms with E-state index in [1.807, 2.05) is 24.3 Å². The van der Waals surface area contributed by atoms with E-state index in [2.05, 4.69) is 9.88 Å². The van der Waals surface area contributed by atoms with Crippen molar-refractivity contribution in [3.8, 4) is 5.75 Å². The van der Waals surface area contributed by atoms with Crippen LogP contribution >= 0.6 is 0 Å². The third kappa shape index (κ3) is 8.16. The molecule has 0 N–H and O–H groups in total. The van der Waals surface area contributed by atoms with Gasteiger partial charge in [0.25, 0.3) is 0 Å². The molecule has 0 radical (unpaired) electrons. The highest BCUT2D eigenvalue weighted by Crippen LogP contribution is 2.30. The van der Waals surface area contributed by atoms with Crippen molar-refractivity contribution in [2.24, 2.45) is 0 Å². The fourth-order valence-corrected chi connectivity index (χ4v) is 5.29. The maximum Gasteiger partial charge on any atom is 0.416 e. The van der Waals surface area contributed by atoms with Crippen molar-refractivity contribution in [1.29, 1.82) is 0 Å². The van der Waals surface area contributed by atoms with Gasteiger partial charge in [0.1, 0.15) is 30.1 Å². The van der Waals surface area contributed by atoms with E-state index in [0.717, 1.165) is 37.9 Å². The van der Waals surface area contributed by atoms with Crippen molar-refractivity contribution in [3.05, 3.63) is 82.8 Å². The van der Waals surface area contributed by atoms with Crippen molar-refractivity contribution in [2.75, 3.05) is 31.1 Å². The summed E-state index contributed by atoms with van der Waals surface area (Å²) < 4.78 is 86.0. The molecule has 0 saturated carbocycles. The van der Waals surface area contributed by atoms with Gasteiger partial charge in [-0.15, -0.1) is 0 Å². The molecule has 6 nitrogen and oxygen atoms in total. The van der Waals surface area contributed by atoms with E-state index in [-0.39, 0.29) is 29.6 Å². The molecule has 1 aliphatic rings. The van der Waals surface area contributed by atoms with E-state index in [1.54, 1.807) is 0 Å². The maximum atomic E-state index is 14.0. The lowest BCUT2D eigenvalue weighted by molar-refractivity contribution is -0.137. The summed E-state index contributed by atoms with van der Waals surface area (Å²) in [5.74, 6) is 0.349. The van der Waals surface area contributed by atoms with Crippen LogP contribution in [0.1, 0.15) is 41.1 Å². The van der Waals surface area contributed by atoms with Crippen molar-refractivity contribution in [3.63, 3.8) is 0 Å². The number of nitrogens with zero attached hydrogens (tertiary/aromatic N) is 2. The number of alkyl halides is 3. The highest BCUT2D eigenvalue weighted by molar-refractivity contribution is 7.91. The number of ether oxygens (including phenoxy) is 1. The first-order valence-corrected chi connectivity index (χ1v) is 14.0. The average molecular weight is 553 g/mol. The molecule has 0 bridgehead atoms. The monoisotopic (exact) mass is 552 g/mol. The molecule has 0 atom stereocenters. The van der Waals surface area contributed by atoms with Crippen LogP contribution in [0.5, 0.6) is 5.75 Å². The molecule has 4 rings (SSSR count). The molecule has 3 aromatic rings. The van der Waals surface area contributed by atoms with Crippen LogP contribution in [0.2, 0.25) is 0 Å². The molecule has 1 aromatic heterocycles. The molecule has 0 unspecified atom stereocenters. The van der Waals surface area contributed by atoms with Crippen molar-refractivity contribution < 1.29 is 35.1 Å². The van der Waals surface area contributed by atoms with Gasteiger partial charge in [0.15, 0.2) is 9.84 Å². The Balaban J connectivity index is 1.19. The molecule has 1 saturated heterocycles. The number of hydrogen-bond donors (Lipinski definition) is 0. The van der Waals surface area contributed by atoms with Crippen LogP contribution in [0.25, 0.3) is 12.2 Å². The number of aryl methyl sites for hydroxylation is 1. The molecule has 204 valence electrons. The number of rotatable bonds is 10. The van der Waals surface area contributed by atoms with Gasteiger partial charge in [-0.3, -0.25) is 0 Å². The highest BCUT2D eigenvalue weighted by atomic mass is 32.2. The second-order valence-electron chi connectivity index (χ2n) is 9.13. The summed E-state index contributed by atoms with van der Waals surface area (Å²) in [6, 6.07) is 10.1.